The predicted molar refractivity (Wildman–Crippen MR) is 88.6 cm³/mol. The number of pyridine rings is 1. The Bertz CT molecular complexity index is 587. The second-order valence-corrected chi connectivity index (χ2v) is 7.20. The number of aliphatic hydroxyl groups is 3. The smallest absolute Gasteiger partial charge is 0.389 e. The number of alkyl halides is 3. The molecule has 26 heavy (non-hydrogen) atoms. The molecule has 0 aliphatic carbocycles. The number of rotatable bonds is 3. The van der Waals surface area contributed by atoms with Crippen molar-refractivity contribution in [1.82, 2.24) is 9.88 Å². The summed E-state index contributed by atoms with van der Waals surface area (Å²) < 4.78 is 38.0. The van der Waals surface area contributed by atoms with E-state index in [0.717, 1.165) is 31.6 Å². The van der Waals surface area contributed by atoms with Crippen molar-refractivity contribution in [1.29, 1.82) is 0 Å². The summed E-state index contributed by atoms with van der Waals surface area (Å²) in [6, 6.07) is 2.45. The van der Waals surface area contributed by atoms with Crippen molar-refractivity contribution in [3.05, 3.63) is 23.9 Å². The first kappa shape index (κ1) is 19.3. The molecule has 1 aromatic heterocycles. The van der Waals surface area contributed by atoms with E-state index in [0.29, 0.717) is 32.0 Å². The Kier molecular flexibility index (Phi) is 5.71. The molecule has 1 unspecified atom stereocenters. The summed E-state index contributed by atoms with van der Waals surface area (Å²) >= 11 is 0. The molecule has 3 N–H and O–H groups in total. The minimum atomic E-state index is -4.39. The van der Waals surface area contributed by atoms with Crippen LogP contribution in [0.3, 0.4) is 0 Å². The molecule has 1 aromatic rings. The maximum absolute atomic E-state index is 12.7. The molecule has 2 fully saturated rings. The maximum atomic E-state index is 12.7. The Morgan fingerprint density at radius 2 is 1.77 bits per heavy atom. The van der Waals surface area contributed by atoms with Gasteiger partial charge >= 0.3 is 6.18 Å². The van der Waals surface area contributed by atoms with Gasteiger partial charge in [0, 0.05) is 38.9 Å². The highest BCUT2D eigenvalue weighted by Gasteiger charge is 2.35. The van der Waals surface area contributed by atoms with Gasteiger partial charge in [-0.05, 0) is 30.9 Å². The maximum Gasteiger partial charge on any atom is 0.417 e. The van der Waals surface area contributed by atoms with E-state index < -0.39 is 30.1 Å². The van der Waals surface area contributed by atoms with Gasteiger partial charge in [0.15, 0.2) is 0 Å². The van der Waals surface area contributed by atoms with E-state index in [9.17, 15) is 28.5 Å². The van der Waals surface area contributed by atoms with E-state index in [1.54, 1.807) is 0 Å². The zero-order chi connectivity index (χ0) is 18.9. The zero-order valence-corrected chi connectivity index (χ0v) is 14.3. The van der Waals surface area contributed by atoms with Crippen LogP contribution in [0.1, 0.15) is 18.4 Å². The molecule has 4 atom stereocenters. The second-order valence-electron chi connectivity index (χ2n) is 7.20. The van der Waals surface area contributed by atoms with Crippen LogP contribution in [0.2, 0.25) is 0 Å². The molecule has 9 heteroatoms. The minimum absolute atomic E-state index is 0.252. The monoisotopic (exact) mass is 375 g/mol. The number of hydrogen-bond donors (Lipinski definition) is 3. The fourth-order valence-corrected chi connectivity index (χ4v) is 3.75. The molecule has 3 rings (SSSR count). The molecular formula is C17H24F3N3O3. The number of piperidine rings is 2. The van der Waals surface area contributed by atoms with E-state index in [4.69, 9.17) is 0 Å². The van der Waals surface area contributed by atoms with Crippen LogP contribution in [0.5, 0.6) is 0 Å². The van der Waals surface area contributed by atoms with Crippen LogP contribution in [0, 0.1) is 5.92 Å². The van der Waals surface area contributed by atoms with E-state index in [1.807, 2.05) is 9.80 Å². The highest BCUT2D eigenvalue weighted by Crippen LogP contribution is 2.30. The fourth-order valence-electron chi connectivity index (χ4n) is 3.75. The van der Waals surface area contributed by atoms with Crippen LogP contribution in [-0.4, -0.2) is 76.2 Å². The first-order chi connectivity index (χ1) is 12.2. The Morgan fingerprint density at radius 3 is 2.35 bits per heavy atom. The van der Waals surface area contributed by atoms with Crippen molar-refractivity contribution in [2.75, 3.05) is 37.6 Å². The van der Waals surface area contributed by atoms with E-state index in [1.165, 1.54) is 6.07 Å². The molecule has 2 saturated heterocycles. The molecule has 6 nitrogen and oxygen atoms in total. The van der Waals surface area contributed by atoms with Crippen LogP contribution in [0.25, 0.3) is 0 Å². The molecule has 0 bridgehead atoms. The lowest BCUT2D eigenvalue weighted by Gasteiger charge is -2.41. The van der Waals surface area contributed by atoms with Gasteiger partial charge in [-0.25, -0.2) is 4.98 Å². The quantitative estimate of drug-likeness (QED) is 0.722. The summed E-state index contributed by atoms with van der Waals surface area (Å²) in [5, 5.41) is 29.2. The lowest BCUT2D eigenvalue weighted by Crippen LogP contribution is -2.56. The molecule has 0 radical (unpaired) electrons. The van der Waals surface area contributed by atoms with Crippen molar-refractivity contribution < 1.29 is 28.5 Å². The van der Waals surface area contributed by atoms with Gasteiger partial charge < -0.3 is 20.2 Å². The van der Waals surface area contributed by atoms with Gasteiger partial charge in [0.2, 0.25) is 0 Å². The number of aromatic nitrogens is 1. The van der Waals surface area contributed by atoms with Crippen LogP contribution >= 0.6 is 0 Å². The summed E-state index contributed by atoms with van der Waals surface area (Å²) in [5.41, 5.74) is -0.760. The van der Waals surface area contributed by atoms with E-state index in [2.05, 4.69) is 4.98 Å². The molecule has 2 aliphatic heterocycles. The Hall–Kier alpha value is -1.42. The number of nitrogens with zero attached hydrogens (tertiary/aromatic N) is 3. The minimum Gasteiger partial charge on any atom is -0.389 e. The molecule has 2 aliphatic rings. The average molecular weight is 375 g/mol. The third kappa shape index (κ3) is 4.46. The number of β-amino-alcohol motifs (C(OH)–C–C–N with tert-alkyl or cyclic N) is 2. The fraction of sp³-hybridized carbons (Fsp3) is 0.706. The van der Waals surface area contributed by atoms with Crippen LogP contribution in [-0.2, 0) is 6.18 Å². The molecule has 3 heterocycles. The topological polar surface area (TPSA) is 80.1 Å². The summed E-state index contributed by atoms with van der Waals surface area (Å²) in [4.78, 5) is 7.86. The largest absolute Gasteiger partial charge is 0.417 e. The number of hydrogen-bond acceptors (Lipinski definition) is 6. The lowest BCUT2D eigenvalue weighted by atomic mass is 9.95. The molecule has 0 saturated carbocycles. The van der Waals surface area contributed by atoms with Crippen molar-refractivity contribution in [2.24, 2.45) is 5.92 Å². The zero-order valence-electron chi connectivity index (χ0n) is 14.3. The van der Waals surface area contributed by atoms with Crippen molar-refractivity contribution in [3.63, 3.8) is 0 Å². The third-order valence-corrected chi connectivity index (χ3v) is 5.11. The first-order valence-corrected chi connectivity index (χ1v) is 8.79. The summed E-state index contributed by atoms with van der Waals surface area (Å²) in [6.45, 7) is 2.64. The molecule has 0 amide bonds. The van der Waals surface area contributed by atoms with Crippen molar-refractivity contribution in [3.8, 4) is 0 Å². The van der Waals surface area contributed by atoms with E-state index in [-0.39, 0.29) is 5.92 Å². The first-order valence-electron chi connectivity index (χ1n) is 8.79. The van der Waals surface area contributed by atoms with Gasteiger partial charge in [-0.15, -0.1) is 0 Å². The van der Waals surface area contributed by atoms with Gasteiger partial charge in [-0.3, -0.25) is 4.90 Å². The average Bonchev–Trinajstić information content (AvgIpc) is 2.59. The van der Waals surface area contributed by atoms with Crippen LogP contribution in [0.15, 0.2) is 18.3 Å². The standard InChI is InChI=1S/C17H24F3N3O3/c18-17(19,20)12-3-4-15(21-6-12)23-5-1-2-11(8-23)7-22-9-13(24)16(26)14(25)10-22/h3-4,6,11,13-14,16,24-26H,1-2,5,7-10H2/t11-,13-,14+,16?/m0/s1. The Labute approximate surface area is 149 Å². The van der Waals surface area contributed by atoms with Crippen molar-refractivity contribution in [2.45, 2.75) is 37.3 Å². The number of halogens is 3. The Morgan fingerprint density at radius 1 is 1.08 bits per heavy atom. The van der Waals surface area contributed by atoms with Gasteiger partial charge in [-0.2, -0.15) is 13.2 Å². The Balaban J connectivity index is 1.59. The van der Waals surface area contributed by atoms with Crippen LogP contribution < -0.4 is 4.90 Å². The normalized spacial score (nSPS) is 31.2. The lowest BCUT2D eigenvalue weighted by molar-refractivity contribution is -0.137. The van der Waals surface area contributed by atoms with Gasteiger partial charge in [0.05, 0.1) is 17.8 Å². The van der Waals surface area contributed by atoms with Crippen LogP contribution in [0.4, 0.5) is 19.0 Å². The third-order valence-electron chi connectivity index (χ3n) is 5.11. The molecule has 0 spiro atoms. The van der Waals surface area contributed by atoms with Gasteiger partial charge in [0.25, 0.3) is 0 Å². The number of aliphatic hydroxyl groups excluding tert-OH is 3. The highest BCUT2D eigenvalue weighted by atomic mass is 19.4. The van der Waals surface area contributed by atoms with Crippen molar-refractivity contribution >= 4 is 5.82 Å². The summed E-state index contributed by atoms with van der Waals surface area (Å²) in [5.74, 6) is 0.777. The number of likely N-dealkylation sites (tertiary alicyclic amines) is 1. The molecular weight excluding hydrogens is 351 g/mol. The number of anilines is 1. The molecule has 146 valence electrons. The SMILES string of the molecule is OC1[C@H](O)CN(C[C@@H]2CCCN(c3ccc(C(F)(F)F)cn3)C2)C[C@@H]1O. The summed E-state index contributed by atoms with van der Waals surface area (Å²) in [6.07, 6.45) is -4.75. The van der Waals surface area contributed by atoms with Gasteiger partial charge in [0.1, 0.15) is 11.9 Å². The van der Waals surface area contributed by atoms with Gasteiger partial charge in [-0.1, -0.05) is 0 Å². The predicted octanol–water partition coefficient (Wildman–Crippen LogP) is 0.715. The van der Waals surface area contributed by atoms with E-state index >= 15 is 0 Å². The highest BCUT2D eigenvalue weighted by molar-refractivity contribution is 5.40. The molecule has 0 aromatic carbocycles. The second kappa shape index (κ2) is 7.67. The summed E-state index contributed by atoms with van der Waals surface area (Å²) in [7, 11) is 0.